The Hall–Kier alpha value is -4.37. The van der Waals surface area contributed by atoms with Gasteiger partial charge in [0.15, 0.2) is 5.78 Å². The van der Waals surface area contributed by atoms with Gasteiger partial charge in [0.2, 0.25) is 0 Å². The van der Waals surface area contributed by atoms with Crippen LogP contribution in [0.1, 0.15) is 76.2 Å². The van der Waals surface area contributed by atoms with Crippen LogP contribution in [0.2, 0.25) is 0 Å². The summed E-state index contributed by atoms with van der Waals surface area (Å²) in [5.74, 6) is -2.25. The van der Waals surface area contributed by atoms with Crippen molar-refractivity contribution in [3.63, 3.8) is 0 Å². The molecule has 0 aliphatic carbocycles. The summed E-state index contributed by atoms with van der Waals surface area (Å²) in [7, 11) is 1.24. The lowest BCUT2D eigenvalue weighted by atomic mass is 9.83. The minimum Gasteiger partial charge on any atom is -0.507 e. The molecule has 39 heavy (non-hydrogen) atoms. The van der Waals surface area contributed by atoms with Crippen molar-refractivity contribution in [3.05, 3.63) is 87.8 Å². The van der Waals surface area contributed by atoms with Crippen LogP contribution in [0.15, 0.2) is 48.7 Å². The van der Waals surface area contributed by atoms with E-state index in [1.165, 1.54) is 20.1 Å². The average Bonchev–Trinajstić information content (AvgIpc) is 3.33. The Kier molecular flexibility index (Phi) is 7.92. The molecule has 1 aliphatic rings. The van der Waals surface area contributed by atoms with Gasteiger partial charge < -0.3 is 29.5 Å². The lowest BCUT2D eigenvalue weighted by Gasteiger charge is -2.24. The van der Waals surface area contributed by atoms with E-state index in [1.54, 1.807) is 37.4 Å². The fourth-order valence-corrected chi connectivity index (χ4v) is 4.70. The third kappa shape index (κ3) is 5.44. The molecule has 2 heterocycles. The van der Waals surface area contributed by atoms with Gasteiger partial charge in [-0.25, -0.2) is 0 Å². The number of methoxy groups -OCH3 is 1. The van der Waals surface area contributed by atoms with Gasteiger partial charge in [-0.05, 0) is 50.1 Å². The molecule has 9 nitrogen and oxygen atoms in total. The highest BCUT2D eigenvalue weighted by atomic mass is 16.5. The van der Waals surface area contributed by atoms with Crippen molar-refractivity contribution in [1.29, 1.82) is 0 Å². The van der Waals surface area contributed by atoms with Gasteiger partial charge in [-0.3, -0.25) is 14.6 Å². The average molecular weight is 534 g/mol. The standard InChI is InChI=1S/C30H31NO8/c1-15(2)13-38-20-8-6-18(7-9-20)22(11-24(33)37-5)26-28(35)21(17(4)32)10-23(29(26)36)30-25-19(14-39-30)12-31-16(3)27(25)34/h6-10,12,22,30,34-36H,1,11,13-14H2,2-5H3/t22-,30+/m1/s1. The second kappa shape index (κ2) is 11.2. The zero-order chi connectivity index (χ0) is 28.4. The van der Waals surface area contributed by atoms with E-state index < -0.39 is 29.5 Å². The van der Waals surface area contributed by atoms with E-state index in [1.807, 2.05) is 6.92 Å². The topological polar surface area (TPSA) is 135 Å². The molecular weight excluding hydrogens is 502 g/mol. The molecule has 3 aromatic rings. The first kappa shape index (κ1) is 27.7. The van der Waals surface area contributed by atoms with E-state index in [-0.39, 0.29) is 41.2 Å². The van der Waals surface area contributed by atoms with Crippen molar-refractivity contribution in [2.75, 3.05) is 13.7 Å². The molecule has 9 heteroatoms. The molecule has 1 aromatic heterocycles. The molecule has 0 saturated carbocycles. The predicted octanol–water partition coefficient (Wildman–Crippen LogP) is 4.98. The molecule has 204 valence electrons. The summed E-state index contributed by atoms with van der Waals surface area (Å²) in [6, 6.07) is 8.19. The number of phenols is 2. The summed E-state index contributed by atoms with van der Waals surface area (Å²) in [4.78, 5) is 29.3. The fraction of sp³-hybridized carbons (Fsp3) is 0.300. The van der Waals surface area contributed by atoms with E-state index in [9.17, 15) is 24.9 Å². The lowest BCUT2D eigenvalue weighted by Crippen LogP contribution is -2.13. The molecular formula is C30H31NO8. The number of carbonyl (C=O) groups is 2. The van der Waals surface area contributed by atoms with E-state index in [2.05, 4.69) is 11.6 Å². The fourth-order valence-electron chi connectivity index (χ4n) is 4.70. The maximum Gasteiger partial charge on any atom is 0.306 e. The van der Waals surface area contributed by atoms with Crippen LogP contribution in [0.3, 0.4) is 0 Å². The summed E-state index contributed by atoms with van der Waals surface area (Å²) < 4.78 is 16.5. The smallest absolute Gasteiger partial charge is 0.306 e. The van der Waals surface area contributed by atoms with Crippen LogP contribution in [0.25, 0.3) is 0 Å². The van der Waals surface area contributed by atoms with Crippen molar-refractivity contribution in [2.45, 2.75) is 45.8 Å². The Bertz CT molecular complexity index is 1440. The molecule has 2 aromatic carbocycles. The molecule has 2 atom stereocenters. The molecule has 0 fully saturated rings. The van der Waals surface area contributed by atoms with Crippen LogP contribution in [0.4, 0.5) is 0 Å². The molecule has 0 spiro atoms. The first-order chi connectivity index (χ1) is 18.5. The number of aromatic hydroxyl groups is 3. The SMILES string of the molecule is C=C(C)COc1ccc([C@@H](CC(=O)OC)c2c(O)c(C(C)=O)cc([C@@H]3OCc4cnc(C)c(O)c43)c2O)cc1. The van der Waals surface area contributed by atoms with Crippen LogP contribution in [0.5, 0.6) is 23.0 Å². The maximum atomic E-state index is 12.6. The Morgan fingerprint density at radius 3 is 2.44 bits per heavy atom. The molecule has 0 bridgehead atoms. The van der Waals surface area contributed by atoms with Gasteiger partial charge in [0.1, 0.15) is 35.7 Å². The first-order valence-electron chi connectivity index (χ1n) is 12.4. The van der Waals surface area contributed by atoms with Crippen LogP contribution in [-0.2, 0) is 20.9 Å². The number of benzene rings is 2. The van der Waals surface area contributed by atoms with Crippen molar-refractivity contribution in [1.82, 2.24) is 4.98 Å². The van der Waals surface area contributed by atoms with Gasteiger partial charge in [-0.15, -0.1) is 0 Å². The summed E-state index contributed by atoms with van der Waals surface area (Å²) in [6.45, 7) is 9.05. The summed E-state index contributed by atoms with van der Waals surface area (Å²) in [6.07, 6.45) is 0.420. The van der Waals surface area contributed by atoms with E-state index in [0.717, 1.165) is 5.57 Å². The normalized spacial score (nSPS) is 14.9. The Morgan fingerprint density at radius 2 is 1.82 bits per heavy atom. The minimum atomic E-state index is -0.934. The third-order valence-corrected chi connectivity index (χ3v) is 6.74. The van der Waals surface area contributed by atoms with Crippen LogP contribution in [-0.4, -0.2) is 45.8 Å². The number of phenolic OH excluding ortho intramolecular Hbond substituents is 2. The third-order valence-electron chi connectivity index (χ3n) is 6.74. The van der Waals surface area contributed by atoms with Crippen molar-refractivity contribution >= 4 is 11.8 Å². The quantitative estimate of drug-likeness (QED) is 0.198. The summed E-state index contributed by atoms with van der Waals surface area (Å²) in [5, 5.41) is 33.6. The second-order valence-corrected chi connectivity index (χ2v) is 9.65. The number of carbonyl (C=O) groups excluding carboxylic acids is 2. The zero-order valence-corrected chi connectivity index (χ0v) is 22.3. The van der Waals surface area contributed by atoms with Gasteiger partial charge in [0, 0.05) is 34.4 Å². The van der Waals surface area contributed by atoms with Gasteiger partial charge in [-0.1, -0.05) is 18.7 Å². The Labute approximate surface area is 226 Å². The number of Topliss-reactive ketones (excluding diaryl/α,β-unsaturated/α-hetero) is 1. The number of rotatable bonds is 9. The first-order valence-corrected chi connectivity index (χ1v) is 12.4. The Morgan fingerprint density at radius 1 is 1.13 bits per heavy atom. The molecule has 0 amide bonds. The number of nitrogens with zero attached hydrogens (tertiary/aromatic N) is 1. The largest absolute Gasteiger partial charge is 0.507 e. The molecule has 0 unspecified atom stereocenters. The monoisotopic (exact) mass is 533 g/mol. The van der Waals surface area contributed by atoms with Crippen molar-refractivity contribution in [3.8, 4) is 23.0 Å². The Balaban J connectivity index is 1.89. The van der Waals surface area contributed by atoms with Crippen LogP contribution >= 0.6 is 0 Å². The van der Waals surface area contributed by atoms with Gasteiger partial charge >= 0.3 is 5.97 Å². The van der Waals surface area contributed by atoms with E-state index >= 15 is 0 Å². The highest BCUT2D eigenvalue weighted by Crippen LogP contribution is 2.50. The number of hydrogen-bond donors (Lipinski definition) is 3. The van der Waals surface area contributed by atoms with Gasteiger partial charge in [0.25, 0.3) is 0 Å². The van der Waals surface area contributed by atoms with E-state index in [4.69, 9.17) is 14.2 Å². The number of esters is 1. The highest BCUT2D eigenvalue weighted by molar-refractivity contribution is 5.98. The number of fused-ring (bicyclic) bond motifs is 1. The zero-order valence-electron chi connectivity index (χ0n) is 22.3. The number of hydrogen-bond acceptors (Lipinski definition) is 9. The maximum absolute atomic E-state index is 12.6. The molecule has 0 saturated heterocycles. The van der Waals surface area contributed by atoms with Gasteiger partial charge in [0.05, 0.1) is 31.4 Å². The van der Waals surface area contributed by atoms with Gasteiger partial charge in [-0.2, -0.15) is 0 Å². The van der Waals surface area contributed by atoms with Crippen LogP contribution in [0, 0.1) is 6.92 Å². The number of aryl methyl sites for hydroxylation is 1. The molecule has 4 rings (SSSR count). The predicted molar refractivity (Wildman–Crippen MR) is 142 cm³/mol. The summed E-state index contributed by atoms with van der Waals surface area (Å²) >= 11 is 0. The second-order valence-electron chi connectivity index (χ2n) is 9.65. The van der Waals surface area contributed by atoms with Crippen LogP contribution < -0.4 is 4.74 Å². The highest BCUT2D eigenvalue weighted by Gasteiger charge is 2.36. The minimum absolute atomic E-state index is 0.0268. The summed E-state index contributed by atoms with van der Waals surface area (Å²) in [5.41, 5.74) is 2.94. The number of ether oxygens (including phenoxy) is 3. The number of pyridine rings is 1. The van der Waals surface area contributed by atoms with Crippen molar-refractivity contribution < 1.29 is 39.1 Å². The molecule has 3 N–H and O–H groups in total. The number of ketones is 1. The molecule has 0 radical (unpaired) electrons. The molecule has 1 aliphatic heterocycles. The van der Waals surface area contributed by atoms with E-state index in [0.29, 0.717) is 34.7 Å². The number of aromatic nitrogens is 1. The lowest BCUT2D eigenvalue weighted by molar-refractivity contribution is -0.140. The van der Waals surface area contributed by atoms with Crippen molar-refractivity contribution in [2.24, 2.45) is 0 Å².